The van der Waals surface area contributed by atoms with Crippen LogP contribution < -0.4 is 0 Å². The average Bonchev–Trinajstić information content (AvgIpc) is 3.17. The Hall–Kier alpha value is -1.90. The van der Waals surface area contributed by atoms with Gasteiger partial charge in [0.25, 0.3) is 0 Å². The van der Waals surface area contributed by atoms with E-state index in [-0.39, 0.29) is 5.92 Å². The standard InChI is InChI=1S/C16H23F3N6/c1-11(2)7-25-14(21-10-22-25)9-24-5-3-4-12(8-24)15-20-6-13(23-15)16(17,18)19/h6,10-12H,3-5,7-9H2,1-2H3,(H,20,23)/t12-/m1/s1. The minimum atomic E-state index is -4.38. The quantitative estimate of drug-likeness (QED) is 0.894. The van der Waals surface area contributed by atoms with E-state index in [4.69, 9.17) is 0 Å². The van der Waals surface area contributed by atoms with Crippen molar-refractivity contribution in [3.63, 3.8) is 0 Å². The number of aromatic amines is 1. The largest absolute Gasteiger partial charge is 0.432 e. The summed E-state index contributed by atoms with van der Waals surface area (Å²) in [4.78, 5) is 13.0. The smallest absolute Gasteiger partial charge is 0.338 e. The third-order valence-electron chi connectivity index (χ3n) is 4.39. The van der Waals surface area contributed by atoms with Crippen LogP contribution in [-0.4, -0.2) is 42.7 Å². The minimum Gasteiger partial charge on any atom is -0.338 e. The second kappa shape index (κ2) is 7.15. The maximum Gasteiger partial charge on any atom is 0.432 e. The summed E-state index contributed by atoms with van der Waals surface area (Å²) in [5.41, 5.74) is -0.781. The molecule has 2 aromatic heterocycles. The van der Waals surface area contributed by atoms with Crippen LogP contribution in [0.15, 0.2) is 12.5 Å². The zero-order valence-electron chi connectivity index (χ0n) is 14.4. The maximum absolute atomic E-state index is 12.7. The first kappa shape index (κ1) is 17.9. The molecule has 1 saturated heterocycles. The molecule has 1 N–H and O–H groups in total. The van der Waals surface area contributed by atoms with Gasteiger partial charge in [0, 0.05) is 19.0 Å². The number of H-pyrrole nitrogens is 1. The molecule has 138 valence electrons. The van der Waals surface area contributed by atoms with E-state index < -0.39 is 11.9 Å². The zero-order valence-corrected chi connectivity index (χ0v) is 14.4. The summed E-state index contributed by atoms with van der Waals surface area (Å²) in [6.45, 7) is 7.27. The van der Waals surface area contributed by atoms with Crippen LogP contribution in [0.1, 0.15) is 49.9 Å². The fraction of sp³-hybridized carbons (Fsp3) is 0.688. The minimum absolute atomic E-state index is 0.0219. The molecule has 0 radical (unpaired) electrons. The first-order valence-corrected chi connectivity index (χ1v) is 8.54. The van der Waals surface area contributed by atoms with E-state index in [1.807, 2.05) is 4.68 Å². The lowest BCUT2D eigenvalue weighted by atomic mass is 9.97. The molecular formula is C16H23F3N6. The van der Waals surface area contributed by atoms with Crippen LogP contribution in [0.2, 0.25) is 0 Å². The second-order valence-corrected chi connectivity index (χ2v) is 7.01. The number of hydrogen-bond donors (Lipinski definition) is 1. The zero-order chi connectivity index (χ0) is 18.0. The number of nitrogens with zero attached hydrogens (tertiary/aromatic N) is 5. The van der Waals surface area contributed by atoms with Crippen LogP contribution in [-0.2, 0) is 19.3 Å². The molecule has 0 aliphatic carbocycles. The molecule has 0 unspecified atom stereocenters. The van der Waals surface area contributed by atoms with Gasteiger partial charge < -0.3 is 4.98 Å². The van der Waals surface area contributed by atoms with Crippen LogP contribution in [0, 0.1) is 5.92 Å². The number of nitrogens with one attached hydrogen (secondary N) is 1. The highest BCUT2D eigenvalue weighted by Gasteiger charge is 2.34. The van der Waals surface area contributed by atoms with Crippen molar-refractivity contribution < 1.29 is 13.2 Å². The third kappa shape index (κ3) is 4.39. The number of hydrogen-bond acceptors (Lipinski definition) is 4. The fourth-order valence-corrected chi connectivity index (χ4v) is 3.22. The molecule has 2 aromatic rings. The van der Waals surface area contributed by atoms with Gasteiger partial charge in [-0.2, -0.15) is 18.3 Å². The number of imidazole rings is 1. The normalized spacial score (nSPS) is 19.7. The summed E-state index contributed by atoms with van der Waals surface area (Å²) in [6.07, 6.45) is -0.188. The van der Waals surface area contributed by atoms with Gasteiger partial charge in [0.15, 0.2) is 0 Å². The Morgan fingerprint density at radius 2 is 2.12 bits per heavy atom. The van der Waals surface area contributed by atoms with Crippen molar-refractivity contribution in [2.45, 2.75) is 51.9 Å². The molecule has 0 saturated carbocycles. The molecule has 1 fully saturated rings. The van der Waals surface area contributed by atoms with Gasteiger partial charge in [0.05, 0.1) is 12.7 Å². The summed E-state index contributed by atoms with van der Waals surface area (Å²) in [5, 5.41) is 4.26. The lowest BCUT2D eigenvalue weighted by Crippen LogP contribution is -2.35. The second-order valence-electron chi connectivity index (χ2n) is 7.01. The Morgan fingerprint density at radius 1 is 1.32 bits per heavy atom. The highest BCUT2D eigenvalue weighted by atomic mass is 19.4. The summed E-state index contributed by atoms with van der Waals surface area (Å²) in [7, 11) is 0. The van der Waals surface area contributed by atoms with E-state index in [2.05, 4.69) is 38.8 Å². The molecule has 1 aliphatic rings. The monoisotopic (exact) mass is 356 g/mol. The highest BCUT2D eigenvalue weighted by Crippen LogP contribution is 2.31. The Morgan fingerprint density at radius 3 is 2.80 bits per heavy atom. The predicted octanol–water partition coefficient (Wildman–Crippen LogP) is 3.06. The molecule has 0 bridgehead atoms. The maximum atomic E-state index is 12.7. The van der Waals surface area contributed by atoms with Gasteiger partial charge in [-0.3, -0.25) is 4.90 Å². The molecule has 6 nitrogen and oxygen atoms in total. The Balaban J connectivity index is 1.65. The molecule has 1 aliphatic heterocycles. The molecule has 25 heavy (non-hydrogen) atoms. The van der Waals surface area contributed by atoms with Crippen molar-refractivity contribution in [2.24, 2.45) is 5.92 Å². The molecular weight excluding hydrogens is 333 g/mol. The van der Waals surface area contributed by atoms with Crippen LogP contribution in [0.25, 0.3) is 0 Å². The van der Waals surface area contributed by atoms with Crippen LogP contribution >= 0.6 is 0 Å². The van der Waals surface area contributed by atoms with Crippen LogP contribution in [0.5, 0.6) is 0 Å². The van der Waals surface area contributed by atoms with Gasteiger partial charge in [-0.05, 0) is 25.3 Å². The van der Waals surface area contributed by atoms with E-state index >= 15 is 0 Å². The van der Waals surface area contributed by atoms with Gasteiger partial charge in [-0.1, -0.05) is 13.8 Å². The number of aromatic nitrogens is 5. The van der Waals surface area contributed by atoms with Crippen LogP contribution in [0.3, 0.4) is 0 Å². The predicted molar refractivity (Wildman–Crippen MR) is 85.7 cm³/mol. The number of alkyl halides is 3. The molecule has 0 spiro atoms. The van der Waals surface area contributed by atoms with Crippen molar-refractivity contribution in [3.8, 4) is 0 Å². The SMILES string of the molecule is CC(C)Cn1ncnc1CN1CCC[C@@H](c2ncc(C(F)(F)F)[nH]2)C1. The fourth-order valence-electron chi connectivity index (χ4n) is 3.22. The van der Waals surface area contributed by atoms with Gasteiger partial charge in [-0.15, -0.1) is 0 Å². The lowest BCUT2D eigenvalue weighted by Gasteiger charge is -2.31. The first-order valence-electron chi connectivity index (χ1n) is 8.54. The van der Waals surface area contributed by atoms with E-state index in [0.29, 0.717) is 24.8 Å². The van der Waals surface area contributed by atoms with E-state index in [1.54, 1.807) is 6.33 Å². The van der Waals surface area contributed by atoms with Crippen molar-refractivity contribution in [3.05, 3.63) is 29.9 Å². The van der Waals surface area contributed by atoms with Gasteiger partial charge in [0.1, 0.15) is 23.7 Å². The van der Waals surface area contributed by atoms with Crippen molar-refractivity contribution in [1.29, 1.82) is 0 Å². The number of piperidine rings is 1. The van der Waals surface area contributed by atoms with E-state index in [9.17, 15) is 13.2 Å². The summed E-state index contributed by atoms with van der Waals surface area (Å²) in [5.74, 6) is 1.76. The Kier molecular flexibility index (Phi) is 5.12. The highest BCUT2D eigenvalue weighted by molar-refractivity contribution is 5.09. The molecule has 0 amide bonds. The van der Waals surface area contributed by atoms with Crippen molar-refractivity contribution >= 4 is 0 Å². The number of likely N-dealkylation sites (tertiary alicyclic amines) is 1. The van der Waals surface area contributed by atoms with E-state index in [0.717, 1.165) is 38.0 Å². The van der Waals surface area contributed by atoms with Gasteiger partial charge in [0.2, 0.25) is 0 Å². The van der Waals surface area contributed by atoms with Gasteiger partial charge in [-0.25, -0.2) is 14.6 Å². The van der Waals surface area contributed by atoms with E-state index in [1.165, 1.54) is 0 Å². The number of rotatable bonds is 5. The number of halogens is 3. The average molecular weight is 356 g/mol. The third-order valence-corrected chi connectivity index (χ3v) is 4.39. The topological polar surface area (TPSA) is 62.6 Å². The summed E-state index contributed by atoms with van der Waals surface area (Å²) >= 11 is 0. The molecule has 0 aromatic carbocycles. The lowest BCUT2D eigenvalue weighted by molar-refractivity contribution is -0.141. The van der Waals surface area contributed by atoms with Crippen molar-refractivity contribution in [1.82, 2.24) is 29.6 Å². The molecule has 3 rings (SSSR count). The summed E-state index contributed by atoms with van der Waals surface area (Å²) in [6, 6.07) is 0. The Labute approximate surface area is 144 Å². The first-order chi connectivity index (χ1) is 11.8. The van der Waals surface area contributed by atoms with Crippen LogP contribution in [0.4, 0.5) is 13.2 Å². The van der Waals surface area contributed by atoms with Gasteiger partial charge >= 0.3 is 6.18 Å². The van der Waals surface area contributed by atoms with Crippen molar-refractivity contribution in [2.75, 3.05) is 13.1 Å². The molecule has 3 heterocycles. The summed E-state index contributed by atoms with van der Waals surface area (Å²) < 4.78 is 40.1. The Bertz CT molecular complexity index is 690. The molecule has 1 atom stereocenters. The molecule has 9 heteroatoms.